The Labute approximate surface area is 111 Å². The number of hydrogen-bond donors (Lipinski definition) is 0. The minimum absolute atomic E-state index is 0.668. The van der Waals surface area contributed by atoms with Crippen molar-refractivity contribution >= 4 is 0 Å². The molecule has 0 saturated carbocycles. The van der Waals surface area contributed by atoms with Crippen LogP contribution in [0.4, 0.5) is 0 Å². The first-order chi connectivity index (χ1) is 8.72. The Kier molecular flexibility index (Phi) is 4.29. The van der Waals surface area contributed by atoms with Gasteiger partial charge in [0.05, 0.1) is 6.67 Å². The molecular weight excluding hydrogens is 220 g/mol. The van der Waals surface area contributed by atoms with Gasteiger partial charge in [0.25, 0.3) is 0 Å². The summed E-state index contributed by atoms with van der Waals surface area (Å²) in [4.78, 5) is 4.66. The first-order valence-corrected chi connectivity index (χ1v) is 6.98. The van der Waals surface area contributed by atoms with Gasteiger partial charge >= 0.3 is 0 Å². The lowest BCUT2D eigenvalue weighted by Crippen LogP contribution is -2.24. The molecule has 0 aliphatic carbocycles. The first-order valence-electron chi connectivity index (χ1n) is 6.98. The molecule has 2 heteroatoms. The number of hydrogen-bond acceptors (Lipinski definition) is 2. The van der Waals surface area contributed by atoms with E-state index in [-0.39, 0.29) is 0 Å². The van der Waals surface area contributed by atoms with Crippen LogP contribution in [0.2, 0.25) is 0 Å². The highest BCUT2D eigenvalue weighted by molar-refractivity contribution is 5.25. The average molecular weight is 244 g/mol. The molecule has 18 heavy (non-hydrogen) atoms. The Bertz CT molecular complexity index is 394. The van der Waals surface area contributed by atoms with Gasteiger partial charge in [-0.05, 0) is 30.4 Å². The van der Waals surface area contributed by atoms with Crippen LogP contribution in [0.15, 0.2) is 36.7 Å². The van der Waals surface area contributed by atoms with Crippen molar-refractivity contribution in [3.8, 4) is 0 Å². The molecule has 0 amide bonds. The molecular formula is C16H24N2. The normalized spacial score (nSPS) is 16.4. The maximum absolute atomic E-state index is 2.35. The van der Waals surface area contributed by atoms with Crippen LogP contribution in [-0.2, 0) is 6.54 Å². The van der Waals surface area contributed by atoms with Crippen LogP contribution in [0.3, 0.4) is 0 Å². The van der Waals surface area contributed by atoms with Crippen molar-refractivity contribution in [3.63, 3.8) is 0 Å². The lowest BCUT2D eigenvalue weighted by atomic mass is 9.97. The summed E-state index contributed by atoms with van der Waals surface area (Å²) in [6.45, 7) is 9.83. The molecule has 98 valence electrons. The molecule has 1 aliphatic rings. The molecule has 2 nitrogen and oxygen atoms in total. The molecule has 0 N–H and O–H groups in total. The first kappa shape index (κ1) is 13.0. The standard InChI is InChI=1S/C16H24N2/c1-4-14(3)16-8-6-15(7-9-16)12-18-11-10-17(5-2)13-18/h6-11,14H,4-5,12-13H2,1-3H3. The van der Waals surface area contributed by atoms with Crippen molar-refractivity contribution in [3.05, 3.63) is 47.8 Å². The minimum atomic E-state index is 0.668. The second-order valence-electron chi connectivity index (χ2n) is 5.14. The van der Waals surface area contributed by atoms with Crippen molar-refractivity contribution in [1.29, 1.82) is 0 Å². The molecule has 0 saturated heterocycles. The van der Waals surface area contributed by atoms with E-state index < -0.39 is 0 Å². The van der Waals surface area contributed by atoms with Gasteiger partial charge in [-0.15, -0.1) is 0 Å². The fourth-order valence-corrected chi connectivity index (χ4v) is 2.25. The van der Waals surface area contributed by atoms with Gasteiger partial charge in [0.1, 0.15) is 0 Å². The molecule has 1 aromatic carbocycles. The smallest absolute Gasteiger partial charge is 0.0897 e. The summed E-state index contributed by atoms with van der Waals surface area (Å²) >= 11 is 0. The number of rotatable bonds is 5. The number of nitrogens with zero attached hydrogens (tertiary/aromatic N) is 2. The van der Waals surface area contributed by atoms with Gasteiger partial charge in [0.15, 0.2) is 0 Å². The van der Waals surface area contributed by atoms with Crippen LogP contribution in [0.1, 0.15) is 44.2 Å². The highest BCUT2D eigenvalue weighted by atomic mass is 15.3. The third-order valence-corrected chi connectivity index (χ3v) is 3.80. The summed E-state index contributed by atoms with van der Waals surface area (Å²) in [5.74, 6) is 0.668. The average Bonchev–Trinajstić information content (AvgIpc) is 2.86. The third-order valence-electron chi connectivity index (χ3n) is 3.80. The van der Waals surface area contributed by atoms with Gasteiger partial charge in [0, 0.05) is 25.5 Å². The van der Waals surface area contributed by atoms with Crippen LogP contribution in [0.5, 0.6) is 0 Å². The zero-order chi connectivity index (χ0) is 13.0. The van der Waals surface area contributed by atoms with E-state index in [1.165, 1.54) is 17.5 Å². The van der Waals surface area contributed by atoms with E-state index in [9.17, 15) is 0 Å². The highest BCUT2D eigenvalue weighted by Gasteiger charge is 2.10. The van der Waals surface area contributed by atoms with Crippen molar-refractivity contribution in [2.24, 2.45) is 0 Å². The van der Waals surface area contributed by atoms with Crippen LogP contribution in [0, 0.1) is 0 Å². The lowest BCUT2D eigenvalue weighted by molar-refractivity contribution is 0.268. The van der Waals surface area contributed by atoms with E-state index >= 15 is 0 Å². The highest BCUT2D eigenvalue weighted by Crippen LogP contribution is 2.20. The summed E-state index contributed by atoms with van der Waals surface area (Å²) in [5, 5.41) is 0. The molecule has 0 aromatic heterocycles. The van der Waals surface area contributed by atoms with E-state index in [0.717, 1.165) is 19.8 Å². The third kappa shape index (κ3) is 3.06. The van der Waals surface area contributed by atoms with E-state index in [4.69, 9.17) is 0 Å². The van der Waals surface area contributed by atoms with Gasteiger partial charge in [-0.3, -0.25) is 0 Å². The fraction of sp³-hybridized carbons (Fsp3) is 0.500. The summed E-state index contributed by atoms with van der Waals surface area (Å²) in [7, 11) is 0. The van der Waals surface area contributed by atoms with E-state index in [1.807, 2.05) is 0 Å². The Balaban J connectivity index is 1.93. The topological polar surface area (TPSA) is 6.48 Å². The largest absolute Gasteiger partial charge is 0.359 e. The van der Waals surface area contributed by atoms with Gasteiger partial charge < -0.3 is 9.80 Å². The zero-order valence-electron chi connectivity index (χ0n) is 11.8. The molecule has 0 spiro atoms. The molecule has 2 rings (SSSR count). The Morgan fingerprint density at radius 1 is 1.06 bits per heavy atom. The minimum Gasteiger partial charge on any atom is -0.359 e. The van der Waals surface area contributed by atoms with Crippen LogP contribution < -0.4 is 0 Å². The molecule has 1 heterocycles. The maximum atomic E-state index is 2.35. The van der Waals surface area contributed by atoms with Crippen LogP contribution >= 0.6 is 0 Å². The number of benzene rings is 1. The van der Waals surface area contributed by atoms with Crippen LogP contribution in [0.25, 0.3) is 0 Å². The SMILES string of the molecule is CCC(C)c1ccc(CN2C=CN(CC)C2)cc1. The van der Waals surface area contributed by atoms with Crippen molar-refractivity contribution in [2.45, 2.75) is 39.7 Å². The van der Waals surface area contributed by atoms with Crippen molar-refractivity contribution in [1.82, 2.24) is 9.80 Å². The summed E-state index contributed by atoms with van der Waals surface area (Å²) in [6, 6.07) is 9.09. The Hall–Kier alpha value is -1.44. The second kappa shape index (κ2) is 5.94. The van der Waals surface area contributed by atoms with Gasteiger partial charge in [0.2, 0.25) is 0 Å². The molecule has 1 aliphatic heterocycles. The summed E-state index contributed by atoms with van der Waals surface area (Å²) in [6.07, 6.45) is 5.57. The molecule has 0 bridgehead atoms. The second-order valence-corrected chi connectivity index (χ2v) is 5.14. The van der Waals surface area contributed by atoms with E-state index in [0.29, 0.717) is 5.92 Å². The Morgan fingerprint density at radius 3 is 2.28 bits per heavy atom. The summed E-state index contributed by atoms with van der Waals surface area (Å²) in [5.41, 5.74) is 2.85. The van der Waals surface area contributed by atoms with Gasteiger partial charge in [-0.1, -0.05) is 38.1 Å². The predicted octanol–water partition coefficient (Wildman–Crippen LogP) is 3.77. The van der Waals surface area contributed by atoms with E-state index in [2.05, 4.69) is 67.2 Å². The van der Waals surface area contributed by atoms with Crippen molar-refractivity contribution in [2.75, 3.05) is 13.2 Å². The molecule has 1 unspecified atom stereocenters. The van der Waals surface area contributed by atoms with Crippen LogP contribution in [-0.4, -0.2) is 23.0 Å². The van der Waals surface area contributed by atoms with Gasteiger partial charge in [-0.25, -0.2) is 0 Å². The van der Waals surface area contributed by atoms with E-state index in [1.54, 1.807) is 0 Å². The Morgan fingerprint density at radius 2 is 1.72 bits per heavy atom. The summed E-state index contributed by atoms with van der Waals surface area (Å²) < 4.78 is 0. The molecule has 0 radical (unpaired) electrons. The predicted molar refractivity (Wildman–Crippen MR) is 77.1 cm³/mol. The fourth-order valence-electron chi connectivity index (χ4n) is 2.25. The van der Waals surface area contributed by atoms with Gasteiger partial charge in [-0.2, -0.15) is 0 Å². The molecule has 0 fully saturated rings. The molecule has 1 aromatic rings. The van der Waals surface area contributed by atoms with Crippen molar-refractivity contribution < 1.29 is 0 Å². The molecule has 1 atom stereocenters. The lowest BCUT2D eigenvalue weighted by Gasteiger charge is -2.20. The monoisotopic (exact) mass is 244 g/mol. The quantitative estimate of drug-likeness (QED) is 0.778. The maximum Gasteiger partial charge on any atom is 0.0897 e. The zero-order valence-corrected chi connectivity index (χ0v) is 11.8.